The molecular formula is C9H10BrNO2. The zero-order valence-electron chi connectivity index (χ0n) is 7.43. The van der Waals surface area contributed by atoms with Gasteiger partial charge >= 0.3 is 5.97 Å². The van der Waals surface area contributed by atoms with E-state index in [0.717, 1.165) is 11.1 Å². The van der Waals surface area contributed by atoms with E-state index in [4.69, 9.17) is 5.73 Å². The summed E-state index contributed by atoms with van der Waals surface area (Å²) in [5, 5.41) is 0. The maximum absolute atomic E-state index is 11.2. The lowest BCUT2D eigenvalue weighted by atomic mass is 10.0. The average Bonchev–Trinajstić information content (AvgIpc) is 2.10. The second-order valence-corrected chi connectivity index (χ2v) is 3.23. The van der Waals surface area contributed by atoms with Gasteiger partial charge in [0.25, 0.3) is 0 Å². The van der Waals surface area contributed by atoms with E-state index in [1.54, 1.807) is 6.07 Å². The number of hydrogen-bond donors (Lipinski definition) is 1. The number of hydrogen-bond acceptors (Lipinski definition) is 3. The van der Waals surface area contributed by atoms with Gasteiger partial charge in [0.15, 0.2) is 16.3 Å². The Morgan fingerprint density at radius 2 is 2.08 bits per heavy atom. The Labute approximate surface area is 85.3 Å². The third-order valence-corrected chi connectivity index (χ3v) is 2.12. The summed E-state index contributed by atoms with van der Waals surface area (Å²) in [5.41, 5.74) is 8.44. The van der Waals surface area contributed by atoms with Crippen molar-refractivity contribution in [1.29, 1.82) is 0 Å². The number of carbonyl (C=O) groups excluding carboxylic acids is 1. The predicted molar refractivity (Wildman–Crippen MR) is 54.7 cm³/mol. The van der Waals surface area contributed by atoms with E-state index in [9.17, 15) is 4.79 Å². The Kier molecular flexibility index (Phi) is 2.93. The smallest absolute Gasteiger partial charge is 0.351 e. The minimum Gasteiger partial charge on any atom is -0.398 e. The van der Waals surface area contributed by atoms with E-state index in [1.807, 2.05) is 19.9 Å². The van der Waals surface area contributed by atoms with Crippen LogP contribution in [-0.2, 0) is 3.83 Å². The normalized spacial score (nSPS) is 9.77. The molecule has 0 heterocycles. The fourth-order valence-corrected chi connectivity index (χ4v) is 1.36. The molecule has 4 heteroatoms. The summed E-state index contributed by atoms with van der Waals surface area (Å²) >= 11 is 2.63. The first-order valence-electron chi connectivity index (χ1n) is 3.76. The van der Waals surface area contributed by atoms with E-state index in [0.29, 0.717) is 11.3 Å². The van der Waals surface area contributed by atoms with E-state index in [2.05, 4.69) is 20.1 Å². The maximum Gasteiger partial charge on any atom is 0.351 e. The van der Waals surface area contributed by atoms with Crippen molar-refractivity contribution in [1.82, 2.24) is 0 Å². The topological polar surface area (TPSA) is 52.3 Å². The maximum atomic E-state index is 11.2. The number of nitrogens with two attached hydrogens (primary N) is 1. The third-order valence-electron chi connectivity index (χ3n) is 1.82. The molecule has 0 spiro atoms. The molecule has 0 aliphatic carbocycles. The number of rotatable bonds is 1. The van der Waals surface area contributed by atoms with Gasteiger partial charge in [0, 0.05) is 5.69 Å². The Morgan fingerprint density at radius 3 is 2.62 bits per heavy atom. The molecule has 1 rings (SSSR count). The minimum absolute atomic E-state index is 0.398. The molecule has 0 fully saturated rings. The summed E-state index contributed by atoms with van der Waals surface area (Å²) in [6.45, 7) is 3.75. The van der Waals surface area contributed by atoms with Crippen LogP contribution >= 0.6 is 16.3 Å². The Morgan fingerprint density at radius 1 is 1.46 bits per heavy atom. The van der Waals surface area contributed by atoms with Crippen LogP contribution in [0.5, 0.6) is 0 Å². The van der Waals surface area contributed by atoms with Crippen molar-refractivity contribution >= 4 is 27.9 Å². The van der Waals surface area contributed by atoms with Gasteiger partial charge in [0.1, 0.15) is 0 Å². The average molecular weight is 244 g/mol. The first kappa shape index (κ1) is 10.1. The molecule has 1 aromatic rings. The highest BCUT2D eigenvalue weighted by Gasteiger charge is 2.12. The standard InChI is InChI=1S/C9H10BrNO2/c1-5-3-6(2)8(11)7(4-5)9(12)13-10/h3-4H,11H2,1-2H3. The lowest BCUT2D eigenvalue weighted by Crippen LogP contribution is -2.05. The molecule has 0 bridgehead atoms. The largest absolute Gasteiger partial charge is 0.398 e. The summed E-state index contributed by atoms with van der Waals surface area (Å²) in [6, 6.07) is 3.62. The summed E-state index contributed by atoms with van der Waals surface area (Å²) in [7, 11) is 0. The molecular weight excluding hydrogens is 234 g/mol. The van der Waals surface area contributed by atoms with Crippen LogP contribution < -0.4 is 5.73 Å². The molecule has 1 aromatic carbocycles. The molecule has 0 aromatic heterocycles. The number of carbonyl (C=O) groups is 1. The van der Waals surface area contributed by atoms with Crippen LogP contribution in [-0.4, -0.2) is 5.97 Å². The van der Waals surface area contributed by atoms with Crippen molar-refractivity contribution in [3.8, 4) is 0 Å². The summed E-state index contributed by atoms with van der Waals surface area (Å²) in [5.74, 6) is -0.468. The molecule has 0 aliphatic rings. The van der Waals surface area contributed by atoms with Gasteiger partial charge in [-0.3, -0.25) is 0 Å². The highest BCUT2D eigenvalue weighted by molar-refractivity contribution is 9.06. The lowest BCUT2D eigenvalue weighted by molar-refractivity contribution is 0.0783. The number of benzene rings is 1. The van der Waals surface area contributed by atoms with Crippen molar-refractivity contribution in [2.75, 3.05) is 5.73 Å². The second-order valence-electron chi connectivity index (χ2n) is 2.91. The minimum atomic E-state index is -0.468. The molecule has 0 aliphatic heterocycles. The molecule has 0 atom stereocenters. The molecule has 70 valence electrons. The van der Waals surface area contributed by atoms with Gasteiger partial charge in [0.2, 0.25) is 0 Å². The molecule has 0 saturated heterocycles. The molecule has 0 amide bonds. The van der Waals surface area contributed by atoms with Crippen LogP contribution in [0.25, 0.3) is 0 Å². The van der Waals surface area contributed by atoms with Gasteiger partial charge in [-0.05, 0) is 31.0 Å². The predicted octanol–water partition coefficient (Wildman–Crippen LogP) is 2.35. The van der Waals surface area contributed by atoms with Crippen molar-refractivity contribution in [2.24, 2.45) is 0 Å². The van der Waals surface area contributed by atoms with Gasteiger partial charge in [-0.2, -0.15) is 0 Å². The number of aryl methyl sites for hydroxylation is 2. The molecule has 0 saturated carbocycles. The molecule has 0 radical (unpaired) electrons. The zero-order chi connectivity index (χ0) is 10.0. The van der Waals surface area contributed by atoms with Crippen LogP contribution in [0.2, 0.25) is 0 Å². The van der Waals surface area contributed by atoms with Gasteiger partial charge in [-0.15, -0.1) is 0 Å². The molecule has 13 heavy (non-hydrogen) atoms. The molecule has 3 nitrogen and oxygen atoms in total. The summed E-state index contributed by atoms with van der Waals surface area (Å²) in [6.07, 6.45) is 0. The quantitative estimate of drug-likeness (QED) is 0.771. The van der Waals surface area contributed by atoms with Crippen LogP contribution in [0.4, 0.5) is 5.69 Å². The van der Waals surface area contributed by atoms with Crippen LogP contribution in [0.15, 0.2) is 12.1 Å². The Hall–Kier alpha value is -1.03. The monoisotopic (exact) mass is 243 g/mol. The first-order chi connectivity index (χ1) is 6.06. The van der Waals surface area contributed by atoms with Crippen LogP contribution in [0.3, 0.4) is 0 Å². The van der Waals surface area contributed by atoms with Gasteiger partial charge in [0.05, 0.1) is 5.56 Å². The van der Waals surface area contributed by atoms with Crippen molar-refractivity contribution < 1.29 is 8.62 Å². The van der Waals surface area contributed by atoms with Gasteiger partial charge < -0.3 is 9.56 Å². The van der Waals surface area contributed by atoms with Crippen molar-refractivity contribution in [3.63, 3.8) is 0 Å². The van der Waals surface area contributed by atoms with E-state index < -0.39 is 5.97 Å². The fraction of sp³-hybridized carbons (Fsp3) is 0.222. The zero-order valence-corrected chi connectivity index (χ0v) is 9.01. The second kappa shape index (κ2) is 3.79. The lowest BCUT2D eigenvalue weighted by Gasteiger charge is -2.06. The number of nitrogen functional groups attached to an aromatic ring is 1. The van der Waals surface area contributed by atoms with Gasteiger partial charge in [-0.1, -0.05) is 6.07 Å². The Bertz CT molecular complexity index is 350. The summed E-state index contributed by atoms with van der Waals surface area (Å²) in [4.78, 5) is 11.2. The SMILES string of the molecule is Cc1cc(C)c(N)c(C(=O)OBr)c1. The third kappa shape index (κ3) is 2.01. The van der Waals surface area contributed by atoms with E-state index >= 15 is 0 Å². The highest BCUT2D eigenvalue weighted by Crippen LogP contribution is 2.20. The number of halogens is 1. The van der Waals surface area contributed by atoms with E-state index in [1.165, 1.54) is 0 Å². The highest BCUT2D eigenvalue weighted by atomic mass is 79.9. The fourth-order valence-electron chi connectivity index (χ4n) is 1.19. The van der Waals surface area contributed by atoms with Crippen molar-refractivity contribution in [2.45, 2.75) is 13.8 Å². The Balaban J connectivity index is 3.28. The first-order valence-corrected chi connectivity index (χ1v) is 4.40. The van der Waals surface area contributed by atoms with Crippen molar-refractivity contribution in [3.05, 3.63) is 28.8 Å². The molecule has 2 N–H and O–H groups in total. The van der Waals surface area contributed by atoms with Crippen LogP contribution in [0, 0.1) is 13.8 Å². The van der Waals surface area contributed by atoms with Gasteiger partial charge in [-0.25, -0.2) is 4.79 Å². The van der Waals surface area contributed by atoms with E-state index in [-0.39, 0.29) is 0 Å². The molecule has 0 unspecified atom stereocenters. The number of anilines is 1. The van der Waals surface area contributed by atoms with Crippen LogP contribution in [0.1, 0.15) is 21.5 Å². The summed E-state index contributed by atoms with van der Waals surface area (Å²) < 4.78 is 4.42.